The second-order valence-electron chi connectivity index (χ2n) is 5.11. The van der Waals surface area contributed by atoms with Crippen molar-refractivity contribution in [2.75, 3.05) is 13.1 Å². The number of urea groups is 1. The third-order valence-electron chi connectivity index (χ3n) is 2.96. The highest BCUT2D eigenvalue weighted by Crippen LogP contribution is 2.13. The van der Waals surface area contributed by atoms with Crippen molar-refractivity contribution in [3.63, 3.8) is 0 Å². The Bertz CT molecular complexity index is 208. The SMILES string of the molecule is CCCC(C)(C)NC(=O)N1CCCCC1. The minimum absolute atomic E-state index is 0.0662. The summed E-state index contributed by atoms with van der Waals surface area (Å²) >= 11 is 0. The Kier molecular flexibility index (Phi) is 4.43. The molecule has 0 aromatic heterocycles. The van der Waals surface area contributed by atoms with Gasteiger partial charge in [-0.25, -0.2) is 4.79 Å². The summed E-state index contributed by atoms with van der Waals surface area (Å²) in [7, 11) is 0. The molecule has 1 aliphatic heterocycles. The standard InChI is InChI=1S/C12H24N2O/c1-4-8-12(2,3)13-11(15)14-9-6-5-7-10-14/h4-10H2,1-3H3,(H,13,15). The number of nitrogens with one attached hydrogen (secondary N) is 1. The number of hydrogen-bond acceptors (Lipinski definition) is 1. The van der Waals surface area contributed by atoms with Gasteiger partial charge in [0, 0.05) is 18.6 Å². The van der Waals surface area contributed by atoms with Gasteiger partial charge in [-0.15, -0.1) is 0 Å². The molecule has 2 amide bonds. The summed E-state index contributed by atoms with van der Waals surface area (Å²) in [5.41, 5.74) is -0.0662. The molecule has 0 unspecified atom stereocenters. The number of amides is 2. The van der Waals surface area contributed by atoms with Crippen molar-refractivity contribution in [2.45, 2.75) is 58.4 Å². The van der Waals surface area contributed by atoms with Crippen molar-refractivity contribution < 1.29 is 4.79 Å². The van der Waals surface area contributed by atoms with Gasteiger partial charge in [-0.05, 0) is 39.5 Å². The third-order valence-corrected chi connectivity index (χ3v) is 2.96. The molecule has 3 nitrogen and oxygen atoms in total. The van der Waals surface area contributed by atoms with E-state index in [1.54, 1.807) is 0 Å². The minimum atomic E-state index is -0.0662. The van der Waals surface area contributed by atoms with Crippen LogP contribution >= 0.6 is 0 Å². The smallest absolute Gasteiger partial charge is 0.317 e. The summed E-state index contributed by atoms with van der Waals surface area (Å²) in [4.78, 5) is 13.8. The van der Waals surface area contributed by atoms with Gasteiger partial charge in [-0.2, -0.15) is 0 Å². The molecule has 0 bridgehead atoms. The summed E-state index contributed by atoms with van der Waals surface area (Å²) < 4.78 is 0. The Balaban J connectivity index is 2.39. The van der Waals surface area contributed by atoms with Crippen LogP contribution < -0.4 is 5.32 Å². The van der Waals surface area contributed by atoms with Gasteiger partial charge in [0.2, 0.25) is 0 Å². The van der Waals surface area contributed by atoms with Crippen molar-refractivity contribution in [2.24, 2.45) is 0 Å². The maximum Gasteiger partial charge on any atom is 0.317 e. The van der Waals surface area contributed by atoms with E-state index < -0.39 is 0 Å². The zero-order valence-electron chi connectivity index (χ0n) is 10.3. The van der Waals surface area contributed by atoms with Crippen LogP contribution in [0.3, 0.4) is 0 Å². The van der Waals surface area contributed by atoms with Crippen LogP contribution in [0, 0.1) is 0 Å². The summed E-state index contributed by atoms with van der Waals surface area (Å²) in [5, 5.41) is 3.11. The van der Waals surface area contributed by atoms with Crippen LogP contribution in [0.2, 0.25) is 0 Å². The number of nitrogens with zero attached hydrogens (tertiary/aromatic N) is 1. The second kappa shape index (κ2) is 5.38. The highest BCUT2D eigenvalue weighted by atomic mass is 16.2. The van der Waals surface area contributed by atoms with Gasteiger partial charge in [-0.1, -0.05) is 13.3 Å². The largest absolute Gasteiger partial charge is 0.333 e. The van der Waals surface area contributed by atoms with Crippen LogP contribution in [0.25, 0.3) is 0 Å². The number of piperidine rings is 1. The monoisotopic (exact) mass is 212 g/mol. The fraction of sp³-hybridized carbons (Fsp3) is 0.917. The fourth-order valence-corrected chi connectivity index (χ4v) is 2.15. The van der Waals surface area contributed by atoms with Crippen molar-refractivity contribution in [1.29, 1.82) is 0 Å². The van der Waals surface area contributed by atoms with E-state index in [0.29, 0.717) is 0 Å². The zero-order chi connectivity index (χ0) is 11.3. The van der Waals surface area contributed by atoms with Crippen molar-refractivity contribution in [1.82, 2.24) is 10.2 Å². The molecule has 0 saturated carbocycles. The number of carbonyl (C=O) groups excluding carboxylic acids is 1. The van der Waals surface area contributed by atoms with Gasteiger partial charge in [0.15, 0.2) is 0 Å². The fourth-order valence-electron chi connectivity index (χ4n) is 2.15. The molecule has 1 N–H and O–H groups in total. The lowest BCUT2D eigenvalue weighted by Gasteiger charge is -2.32. The van der Waals surface area contributed by atoms with Crippen LogP contribution in [0.4, 0.5) is 4.79 Å². The van der Waals surface area contributed by atoms with Gasteiger partial charge in [0.1, 0.15) is 0 Å². The first kappa shape index (κ1) is 12.3. The molecule has 1 rings (SSSR count). The Labute approximate surface area is 93.2 Å². The number of likely N-dealkylation sites (tertiary alicyclic amines) is 1. The van der Waals surface area contributed by atoms with E-state index in [4.69, 9.17) is 0 Å². The summed E-state index contributed by atoms with van der Waals surface area (Å²) in [6.07, 6.45) is 5.71. The molecule has 0 spiro atoms. The molecule has 0 radical (unpaired) electrons. The van der Waals surface area contributed by atoms with Crippen LogP contribution in [-0.4, -0.2) is 29.6 Å². The maximum absolute atomic E-state index is 11.9. The molecular formula is C12H24N2O. The highest BCUT2D eigenvalue weighted by Gasteiger charge is 2.23. The molecular weight excluding hydrogens is 188 g/mol. The van der Waals surface area contributed by atoms with Crippen LogP contribution in [0.5, 0.6) is 0 Å². The van der Waals surface area contributed by atoms with E-state index in [0.717, 1.165) is 38.8 Å². The predicted octanol–water partition coefficient (Wildman–Crippen LogP) is 2.76. The van der Waals surface area contributed by atoms with E-state index in [2.05, 4.69) is 26.1 Å². The molecule has 3 heteroatoms. The van der Waals surface area contributed by atoms with Gasteiger partial charge in [0.25, 0.3) is 0 Å². The average molecular weight is 212 g/mol. The zero-order valence-corrected chi connectivity index (χ0v) is 10.3. The first-order valence-electron chi connectivity index (χ1n) is 6.12. The first-order chi connectivity index (χ1) is 7.05. The van der Waals surface area contributed by atoms with Gasteiger partial charge in [0.05, 0.1) is 0 Å². The van der Waals surface area contributed by atoms with E-state index >= 15 is 0 Å². The lowest BCUT2D eigenvalue weighted by Crippen LogP contribution is -2.51. The third kappa shape index (κ3) is 4.10. The van der Waals surface area contributed by atoms with Gasteiger partial charge >= 0.3 is 6.03 Å². The van der Waals surface area contributed by atoms with Crippen LogP contribution in [0.1, 0.15) is 52.9 Å². The lowest BCUT2D eigenvalue weighted by molar-refractivity contribution is 0.174. The first-order valence-corrected chi connectivity index (χ1v) is 6.12. The number of rotatable bonds is 3. The molecule has 1 aliphatic rings. The molecule has 88 valence electrons. The normalized spacial score (nSPS) is 17.7. The minimum Gasteiger partial charge on any atom is -0.333 e. The quantitative estimate of drug-likeness (QED) is 0.766. The van der Waals surface area contributed by atoms with Crippen LogP contribution in [0.15, 0.2) is 0 Å². The lowest BCUT2D eigenvalue weighted by atomic mass is 9.99. The van der Waals surface area contributed by atoms with Crippen LogP contribution in [-0.2, 0) is 0 Å². The van der Waals surface area contributed by atoms with Gasteiger partial charge in [-0.3, -0.25) is 0 Å². The van der Waals surface area contributed by atoms with Crippen molar-refractivity contribution >= 4 is 6.03 Å². The van der Waals surface area contributed by atoms with E-state index in [1.807, 2.05) is 4.90 Å². The van der Waals surface area contributed by atoms with Crippen molar-refractivity contribution in [3.8, 4) is 0 Å². The second-order valence-corrected chi connectivity index (χ2v) is 5.11. The van der Waals surface area contributed by atoms with E-state index in [1.165, 1.54) is 6.42 Å². The Hall–Kier alpha value is -0.730. The maximum atomic E-state index is 11.9. The summed E-state index contributed by atoms with van der Waals surface area (Å²) in [6.45, 7) is 8.19. The van der Waals surface area contributed by atoms with Gasteiger partial charge < -0.3 is 10.2 Å². The molecule has 1 heterocycles. The highest BCUT2D eigenvalue weighted by molar-refractivity contribution is 5.75. The molecule has 0 aliphatic carbocycles. The topological polar surface area (TPSA) is 32.3 Å². The molecule has 1 saturated heterocycles. The molecule has 0 aromatic rings. The number of hydrogen-bond donors (Lipinski definition) is 1. The summed E-state index contributed by atoms with van der Waals surface area (Å²) in [6, 6.07) is 0.119. The Morgan fingerprint density at radius 1 is 1.27 bits per heavy atom. The molecule has 1 fully saturated rings. The molecule has 15 heavy (non-hydrogen) atoms. The van der Waals surface area contributed by atoms with E-state index in [9.17, 15) is 4.79 Å². The Morgan fingerprint density at radius 3 is 2.40 bits per heavy atom. The number of carbonyl (C=O) groups is 1. The van der Waals surface area contributed by atoms with Crippen molar-refractivity contribution in [3.05, 3.63) is 0 Å². The molecule has 0 aromatic carbocycles. The summed E-state index contributed by atoms with van der Waals surface area (Å²) in [5.74, 6) is 0. The average Bonchev–Trinajstić information content (AvgIpc) is 2.18. The van der Waals surface area contributed by atoms with E-state index in [-0.39, 0.29) is 11.6 Å². The Morgan fingerprint density at radius 2 is 1.87 bits per heavy atom. The predicted molar refractivity (Wildman–Crippen MR) is 62.9 cm³/mol. The molecule has 0 atom stereocenters.